The molecular formula is C23H26ClF4NO. The second kappa shape index (κ2) is 9.67. The monoisotopic (exact) mass is 443 g/mol. The Bertz CT molecular complexity index is 830. The lowest BCUT2D eigenvalue weighted by Gasteiger charge is -2.39. The molecule has 0 spiro atoms. The van der Waals surface area contributed by atoms with E-state index >= 15 is 0 Å². The van der Waals surface area contributed by atoms with Crippen LogP contribution in [0.3, 0.4) is 0 Å². The van der Waals surface area contributed by atoms with Gasteiger partial charge in [-0.25, -0.2) is 4.39 Å². The summed E-state index contributed by atoms with van der Waals surface area (Å²) in [6, 6.07) is 10.2. The Morgan fingerprint density at radius 2 is 1.63 bits per heavy atom. The number of benzene rings is 2. The lowest BCUT2D eigenvalue weighted by atomic mass is 9.83. The fourth-order valence-corrected chi connectivity index (χ4v) is 4.18. The van der Waals surface area contributed by atoms with Gasteiger partial charge in [0.1, 0.15) is 5.82 Å². The molecule has 0 radical (unpaired) electrons. The molecule has 7 heteroatoms. The van der Waals surface area contributed by atoms with E-state index in [1.54, 1.807) is 0 Å². The molecule has 0 atom stereocenters. The number of aliphatic hydroxyl groups is 1. The van der Waals surface area contributed by atoms with Crippen LogP contribution in [-0.2, 0) is 18.2 Å². The normalized spacial score (nSPS) is 17.3. The number of hydrogen-bond acceptors (Lipinski definition) is 2. The van der Waals surface area contributed by atoms with Gasteiger partial charge in [0.25, 0.3) is 0 Å². The number of aryl methyl sites for hydroxylation is 1. The second-order valence-corrected chi connectivity index (χ2v) is 8.41. The lowest BCUT2D eigenvalue weighted by Crippen LogP contribution is -2.43. The number of alkyl halides is 3. The average molecular weight is 444 g/mol. The molecule has 0 aliphatic carbocycles. The summed E-state index contributed by atoms with van der Waals surface area (Å²) in [6.07, 6.45) is 0.233. The molecule has 2 aromatic carbocycles. The van der Waals surface area contributed by atoms with E-state index in [1.807, 2.05) is 12.1 Å². The summed E-state index contributed by atoms with van der Waals surface area (Å²) in [5, 5.41) is 10.6. The van der Waals surface area contributed by atoms with Gasteiger partial charge in [-0.15, -0.1) is 0 Å². The minimum Gasteiger partial charge on any atom is -0.385 e. The van der Waals surface area contributed by atoms with Crippen molar-refractivity contribution in [1.29, 1.82) is 0 Å². The summed E-state index contributed by atoms with van der Waals surface area (Å²) in [7, 11) is 0. The molecule has 0 amide bonds. The number of piperidine rings is 1. The Balaban J connectivity index is 1.44. The van der Waals surface area contributed by atoms with Crippen LogP contribution in [0.1, 0.15) is 48.8 Å². The van der Waals surface area contributed by atoms with Crippen LogP contribution in [0.25, 0.3) is 0 Å². The molecule has 1 N–H and O–H groups in total. The number of likely N-dealkylation sites (tertiary alicyclic amines) is 1. The highest BCUT2D eigenvalue weighted by Crippen LogP contribution is 2.39. The first-order valence-electron chi connectivity index (χ1n) is 10.2. The summed E-state index contributed by atoms with van der Waals surface area (Å²) in [5.41, 5.74) is -0.763. The molecule has 1 fully saturated rings. The molecule has 0 bridgehead atoms. The Morgan fingerprint density at radius 3 is 2.27 bits per heavy atom. The fraction of sp³-hybridized carbons (Fsp3) is 0.478. The van der Waals surface area contributed by atoms with E-state index in [1.165, 1.54) is 24.3 Å². The van der Waals surface area contributed by atoms with Crippen molar-refractivity contribution in [3.63, 3.8) is 0 Å². The third-order valence-electron chi connectivity index (χ3n) is 5.85. The SMILES string of the molecule is OC1(c2ccc(Cl)c(C(F)(F)F)c2)CCN(CCCCCc2ccc(F)cc2)CC1. The van der Waals surface area contributed by atoms with Crippen LogP contribution in [0.2, 0.25) is 5.02 Å². The predicted octanol–water partition coefficient (Wildman–Crippen LogP) is 6.19. The minimum absolute atomic E-state index is 0.225. The minimum atomic E-state index is -4.54. The smallest absolute Gasteiger partial charge is 0.385 e. The first kappa shape index (κ1) is 23.0. The molecule has 1 aliphatic rings. The maximum absolute atomic E-state index is 13.1. The van der Waals surface area contributed by atoms with Gasteiger partial charge in [0.2, 0.25) is 0 Å². The first-order valence-corrected chi connectivity index (χ1v) is 10.6. The van der Waals surface area contributed by atoms with Crippen LogP contribution < -0.4 is 0 Å². The van der Waals surface area contributed by atoms with E-state index in [-0.39, 0.29) is 16.4 Å². The Morgan fingerprint density at radius 1 is 0.967 bits per heavy atom. The van der Waals surface area contributed by atoms with Crippen molar-refractivity contribution in [3.05, 3.63) is 70.0 Å². The van der Waals surface area contributed by atoms with Gasteiger partial charge in [-0.1, -0.05) is 36.2 Å². The molecule has 2 aromatic rings. The van der Waals surface area contributed by atoms with Crippen LogP contribution >= 0.6 is 11.6 Å². The number of unbranched alkanes of at least 4 members (excludes halogenated alkanes) is 2. The summed E-state index contributed by atoms with van der Waals surface area (Å²) in [5.74, 6) is -0.225. The zero-order chi connectivity index (χ0) is 21.8. The van der Waals surface area contributed by atoms with Gasteiger partial charge in [0, 0.05) is 13.1 Å². The zero-order valence-electron chi connectivity index (χ0n) is 16.7. The topological polar surface area (TPSA) is 23.5 Å². The van der Waals surface area contributed by atoms with Crippen molar-refractivity contribution in [1.82, 2.24) is 4.90 Å². The number of hydrogen-bond donors (Lipinski definition) is 1. The second-order valence-electron chi connectivity index (χ2n) is 8.00. The van der Waals surface area contributed by atoms with Gasteiger partial charge in [-0.05, 0) is 74.0 Å². The zero-order valence-corrected chi connectivity index (χ0v) is 17.4. The summed E-state index contributed by atoms with van der Waals surface area (Å²) in [4.78, 5) is 2.24. The molecule has 1 aliphatic heterocycles. The van der Waals surface area contributed by atoms with Gasteiger partial charge in [-0.2, -0.15) is 13.2 Å². The third kappa shape index (κ3) is 5.96. The first-order chi connectivity index (χ1) is 14.2. The van der Waals surface area contributed by atoms with Crippen molar-refractivity contribution in [2.75, 3.05) is 19.6 Å². The fourth-order valence-electron chi connectivity index (χ4n) is 3.96. The van der Waals surface area contributed by atoms with Crippen LogP contribution in [0, 0.1) is 5.82 Å². The van der Waals surface area contributed by atoms with Crippen LogP contribution in [0.15, 0.2) is 42.5 Å². The summed E-state index contributed by atoms with van der Waals surface area (Å²) in [6.45, 7) is 2.17. The highest BCUT2D eigenvalue weighted by Gasteiger charge is 2.38. The molecule has 1 heterocycles. The Kier molecular flexibility index (Phi) is 7.43. The van der Waals surface area contributed by atoms with Gasteiger partial charge in [0.15, 0.2) is 0 Å². The molecule has 2 nitrogen and oxygen atoms in total. The quantitative estimate of drug-likeness (QED) is 0.407. The summed E-state index contributed by atoms with van der Waals surface area (Å²) >= 11 is 5.69. The molecule has 3 rings (SSSR count). The highest BCUT2D eigenvalue weighted by molar-refractivity contribution is 6.31. The van der Waals surface area contributed by atoms with Crippen LogP contribution in [0.5, 0.6) is 0 Å². The lowest BCUT2D eigenvalue weighted by molar-refractivity contribution is -0.137. The maximum Gasteiger partial charge on any atom is 0.417 e. The van der Waals surface area contributed by atoms with Crippen molar-refractivity contribution in [2.24, 2.45) is 0 Å². The largest absolute Gasteiger partial charge is 0.417 e. The van der Waals surface area contributed by atoms with E-state index in [9.17, 15) is 22.7 Å². The van der Waals surface area contributed by atoms with E-state index in [0.29, 0.717) is 25.9 Å². The van der Waals surface area contributed by atoms with Gasteiger partial charge >= 0.3 is 6.18 Å². The van der Waals surface area contributed by atoms with Gasteiger partial charge in [0.05, 0.1) is 16.2 Å². The Labute approximate surface area is 179 Å². The van der Waals surface area contributed by atoms with Crippen molar-refractivity contribution in [2.45, 2.75) is 50.3 Å². The number of rotatable bonds is 7. The highest BCUT2D eigenvalue weighted by atomic mass is 35.5. The molecule has 30 heavy (non-hydrogen) atoms. The standard InChI is InChI=1S/C23H26ClF4NO/c24-21-10-7-18(16-20(21)23(26,27)28)22(30)11-14-29(15-12-22)13-3-1-2-4-17-5-8-19(25)9-6-17/h5-10,16,30H,1-4,11-15H2. The molecular weight excluding hydrogens is 418 g/mol. The molecule has 0 unspecified atom stereocenters. The molecule has 0 saturated carbocycles. The van der Waals surface area contributed by atoms with Gasteiger partial charge < -0.3 is 10.0 Å². The van der Waals surface area contributed by atoms with Crippen LogP contribution in [-0.4, -0.2) is 29.6 Å². The van der Waals surface area contributed by atoms with E-state index in [0.717, 1.165) is 43.9 Å². The Hall–Kier alpha value is -1.63. The number of halogens is 5. The third-order valence-corrected chi connectivity index (χ3v) is 6.17. The van der Waals surface area contributed by atoms with E-state index in [4.69, 9.17) is 11.6 Å². The van der Waals surface area contributed by atoms with Crippen molar-refractivity contribution >= 4 is 11.6 Å². The molecule has 1 saturated heterocycles. The van der Waals surface area contributed by atoms with Crippen LogP contribution in [0.4, 0.5) is 17.6 Å². The van der Waals surface area contributed by atoms with E-state index < -0.39 is 17.3 Å². The molecule has 0 aromatic heterocycles. The van der Waals surface area contributed by atoms with Gasteiger partial charge in [-0.3, -0.25) is 0 Å². The van der Waals surface area contributed by atoms with Crippen molar-refractivity contribution in [3.8, 4) is 0 Å². The number of nitrogens with zero attached hydrogens (tertiary/aromatic N) is 1. The predicted molar refractivity (Wildman–Crippen MR) is 110 cm³/mol. The maximum atomic E-state index is 13.1. The molecule has 164 valence electrons. The van der Waals surface area contributed by atoms with E-state index in [2.05, 4.69) is 4.90 Å². The van der Waals surface area contributed by atoms with Crippen molar-refractivity contribution < 1.29 is 22.7 Å². The average Bonchev–Trinajstić information content (AvgIpc) is 2.70. The summed E-state index contributed by atoms with van der Waals surface area (Å²) < 4.78 is 52.3.